The van der Waals surface area contributed by atoms with Gasteiger partial charge in [0.25, 0.3) is 0 Å². The summed E-state index contributed by atoms with van der Waals surface area (Å²) in [4.78, 5) is 15.0. The van der Waals surface area contributed by atoms with Crippen LogP contribution in [-0.4, -0.2) is 38.6 Å². The molecular weight excluding hydrogens is 222 g/mol. The molecule has 92 valence electrons. The summed E-state index contributed by atoms with van der Waals surface area (Å²) in [6.07, 6.45) is 2.06. The summed E-state index contributed by atoms with van der Waals surface area (Å²) in [5, 5.41) is 9.18. The lowest BCUT2D eigenvalue weighted by Crippen LogP contribution is -2.07. The van der Waals surface area contributed by atoms with E-state index in [1.165, 1.54) is 14.2 Å². The third kappa shape index (κ3) is 2.96. The van der Waals surface area contributed by atoms with Crippen LogP contribution in [0.4, 0.5) is 0 Å². The fourth-order valence-corrected chi connectivity index (χ4v) is 1.52. The Balaban J connectivity index is 3.34. The molecule has 0 radical (unpaired) electrons. The van der Waals surface area contributed by atoms with E-state index in [4.69, 9.17) is 9.47 Å². The molecule has 0 fully saturated rings. The van der Waals surface area contributed by atoms with Crippen LogP contribution in [0.5, 0.6) is 11.5 Å². The highest BCUT2D eigenvalue weighted by Gasteiger charge is 2.17. The van der Waals surface area contributed by atoms with Crippen molar-refractivity contribution in [2.45, 2.75) is 6.42 Å². The molecule has 0 heterocycles. The van der Waals surface area contributed by atoms with Gasteiger partial charge in [0.05, 0.1) is 14.2 Å². The third-order valence-electron chi connectivity index (χ3n) is 2.32. The summed E-state index contributed by atoms with van der Waals surface area (Å²) in [5.74, 6) is -0.174. The van der Waals surface area contributed by atoms with Gasteiger partial charge < -0.3 is 19.6 Å². The van der Waals surface area contributed by atoms with E-state index in [1.54, 1.807) is 25.4 Å². The Bertz CT molecular complexity index is 440. The van der Waals surface area contributed by atoms with Crippen LogP contribution in [0.1, 0.15) is 15.9 Å². The molecular formula is C12H15NO4. The minimum Gasteiger partial charge on any atom is -0.497 e. The molecule has 1 aromatic rings. The second-order valence-electron chi connectivity index (χ2n) is 3.31. The molecule has 0 unspecified atom stereocenters. The Morgan fingerprint density at radius 2 is 2.12 bits per heavy atom. The lowest BCUT2D eigenvalue weighted by molar-refractivity contribution is 0.0692. The number of aliphatic imine (C=N–C) groups is 1. The van der Waals surface area contributed by atoms with Crippen molar-refractivity contribution in [1.29, 1.82) is 0 Å². The van der Waals surface area contributed by atoms with E-state index in [2.05, 4.69) is 4.99 Å². The zero-order valence-corrected chi connectivity index (χ0v) is 10.1. The van der Waals surface area contributed by atoms with Gasteiger partial charge in [0, 0.05) is 25.7 Å². The normalized spacial score (nSPS) is 10.5. The number of hydrogen-bond donors (Lipinski definition) is 1. The Morgan fingerprint density at radius 3 is 2.59 bits per heavy atom. The molecule has 17 heavy (non-hydrogen) atoms. The van der Waals surface area contributed by atoms with Gasteiger partial charge >= 0.3 is 5.97 Å². The van der Waals surface area contributed by atoms with Crippen molar-refractivity contribution in [2.24, 2.45) is 4.99 Å². The lowest BCUT2D eigenvalue weighted by atomic mass is 10.0. The van der Waals surface area contributed by atoms with Crippen molar-refractivity contribution in [1.82, 2.24) is 0 Å². The first-order chi connectivity index (χ1) is 8.13. The smallest absolute Gasteiger partial charge is 0.339 e. The van der Waals surface area contributed by atoms with Crippen molar-refractivity contribution in [3.63, 3.8) is 0 Å². The molecule has 0 aliphatic carbocycles. The molecule has 0 atom stereocenters. The first-order valence-corrected chi connectivity index (χ1v) is 5.02. The van der Waals surface area contributed by atoms with Gasteiger partial charge in [0.15, 0.2) is 0 Å². The molecule has 0 aliphatic rings. The van der Waals surface area contributed by atoms with E-state index in [1.807, 2.05) is 0 Å². The fraction of sp³-hybridized carbons (Fsp3) is 0.333. The number of carboxylic acids is 1. The monoisotopic (exact) mass is 237 g/mol. The minimum absolute atomic E-state index is 0.146. The second-order valence-corrected chi connectivity index (χ2v) is 3.31. The quantitative estimate of drug-likeness (QED) is 0.790. The SMILES string of the molecule is CN=CCc1cc(OC)cc(OC)c1C(=O)O. The van der Waals surface area contributed by atoms with Gasteiger partial charge in [-0.1, -0.05) is 0 Å². The van der Waals surface area contributed by atoms with Crippen LogP contribution in [0.3, 0.4) is 0 Å². The number of benzene rings is 1. The molecule has 1 N–H and O–H groups in total. The van der Waals surface area contributed by atoms with E-state index in [0.717, 1.165) is 0 Å². The van der Waals surface area contributed by atoms with Crippen molar-refractivity contribution in [2.75, 3.05) is 21.3 Å². The summed E-state index contributed by atoms with van der Waals surface area (Å²) in [6, 6.07) is 3.23. The number of aromatic carboxylic acids is 1. The maximum Gasteiger partial charge on any atom is 0.339 e. The summed E-state index contributed by atoms with van der Waals surface area (Å²) in [6.45, 7) is 0. The summed E-state index contributed by atoms with van der Waals surface area (Å²) >= 11 is 0. The summed E-state index contributed by atoms with van der Waals surface area (Å²) < 4.78 is 10.2. The first-order valence-electron chi connectivity index (χ1n) is 5.02. The molecule has 5 nitrogen and oxygen atoms in total. The zero-order chi connectivity index (χ0) is 12.8. The Kier molecular flexibility index (Phi) is 4.51. The molecule has 0 bridgehead atoms. The van der Waals surface area contributed by atoms with E-state index >= 15 is 0 Å². The van der Waals surface area contributed by atoms with E-state index in [9.17, 15) is 9.90 Å². The van der Waals surface area contributed by atoms with Crippen LogP contribution in [0.15, 0.2) is 17.1 Å². The van der Waals surface area contributed by atoms with Crippen LogP contribution in [0, 0.1) is 0 Å². The summed E-state index contributed by atoms with van der Waals surface area (Å²) in [7, 11) is 4.59. The van der Waals surface area contributed by atoms with Crippen LogP contribution < -0.4 is 9.47 Å². The molecule has 0 aromatic heterocycles. The highest BCUT2D eigenvalue weighted by molar-refractivity contribution is 5.94. The standard InChI is InChI=1S/C12H15NO4/c1-13-5-4-8-6-9(16-2)7-10(17-3)11(8)12(14)15/h5-7H,4H2,1-3H3,(H,14,15). The van der Waals surface area contributed by atoms with Gasteiger partial charge in [-0.05, 0) is 11.6 Å². The topological polar surface area (TPSA) is 68.1 Å². The predicted molar refractivity (Wildman–Crippen MR) is 64.6 cm³/mol. The minimum atomic E-state index is -1.02. The van der Waals surface area contributed by atoms with Crippen LogP contribution in [0.25, 0.3) is 0 Å². The van der Waals surface area contributed by atoms with Crippen molar-refractivity contribution in [3.8, 4) is 11.5 Å². The molecule has 1 rings (SSSR count). The number of rotatable bonds is 5. The number of carboxylic acid groups (broad SMARTS) is 1. The average molecular weight is 237 g/mol. The maximum atomic E-state index is 11.2. The van der Waals surface area contributed by atoms with Gasteiger partial charge in [-0.2, -0.15) is 0 Å². The molecule has 5 heteroatoms. The van der Waals surface area contributed by atoms with Crippen LogP contribution >= 0.6 is 0 Å². The molecule has 1 aromatic carbocycles. The second kappa shape index (κ2) is 5.89. The van der Waals surface area contributed by atoms with Crippen LogP contribution in [0.2, 0.25) is 0 Å². The lowest BCUT2D eigenvalue weighted by Gasteiger charge is -2.11. The number of hydrogen-bond acceptors (Lipinski definition) is 4. The highest BCUT2D eigenvalue weighted by atomic mass is 16.5. The van der Waals surface area contributed by atoms with Gasteiger partial charge in [-0.3, -0.25) is 0 Å². The average Bonchev–Trinajstić information content (AvgIpc) is 2.34. The Hall–Kier alpha value is -2.04. The zero-order valence-electron chi connectivity index (χ0n) is 10.1. The van der Waals surface area contributed by atoms with Crippen molar-refractivity contribution >= 4 is 12.2 Å². The summed E-state index contributed by atoms with van der Waals surface area (Å²) in [5.41, 5.74) is 0.757. The maximum absolute atomic E-state index is 11.2. The van der Waals surface area contributed by atoms with E-state index in [0.29, 0.717) is 17.7 Å². The van der Waals surface area contributed by atoms with Gasteiger partial charge in [-0.15, -0.1) is 0 Å². The molecule has 0 amide bonds. The largest absolute Gasteiger partial charge is 0.497 e. The Labute approximate surface area is 99.7 Å². The third-order valence-corrected chi connectivity index (χ3v) is 2.32. The van der Waals surface area contributed by atoms with E-state index in [-0.39, 0.29) is 11.3 Å². The molecule has 0 aliphatic heterocycles. The Morgan fingerprint density at radius 1 is 1.41 bits per heavy atom. The fourth-order valence-electron chi connectivity index (χ4n) is 1.52. The number of methoxy groups -OCH3 is 2. The number of ether oxygens (including phenoxy) is 2. The molecule has 0 saturated carbocycles. The van der Waals surface area contributed by atoms with Gasteiger partial charge in [0.2, 0.25) is 0 Å². The van der Waals surface area contributed by atoms with E-state index < -0.39 is 5.97 Å². The predicted octanol–water partition coefficient (Wildman–Crippen LogP) is 1.65. The van der Waals surface area contributed by atoms with Crippen molar-refractivity contribution < 1.29 is 19.4 Å². The number of nitrogens with zero attached hydrogens (tertiary/aromatic N) is 1. The first kappa shape index (κ1) is 13.0. The molecule has 0 saturated heterocycles. The highest BCUT2D eigenvalue weighted by Crippen LogP contribution is 2.28. The van der Waals surface area contributed by atoms with Gasteiger partial charge in [0.1, 0.15) is 17.1 Å². The molecule has 0 spiro atoms. The van der Waals surface area contributed by atoms with Crippen LogP contribution in [-0.2, 0) is 6.42 Å². The van der Waals surface area contributed by atoms with Gasteiger partial charge in [-0.25, -0.2) is 4.79 Å². The van der Waals surface area contributed by atoms with Crippen molar-refractivity contribution in [3.05, 3.63) is 23.3 Å². The number of carbonyl (C=O) groups is 1.